The molecule has 1 nitrogen and oxygen atoms in total. The predicted molar refractivity (Wildman–Crippen MR) is 47.3 cm³/mol. The topological polar surface area (TPSA) is 20.2 Å². The van der Waals surface area contributed by atoms with Crippen LogP contribution in [0.1, 0.15) is 34.6 Å². The Kier molecular flexibility index (Phi) is 2.04. The van der Waals surface area contributed by atoms with Crippen LogP contribution in [0.2, 0.25) is 0 Å². The largest absolute Gasteiger partial charge is 0.390 e. The van der Waals surface area contributed by atoms with Crippen LogP contribution in [-0.4, -0.2) is 10.7 Å². The third-order valence-corrected chi connectivity index (χ3v) is 3.06. The monoisotopic (exact) mass is 156 g/mol. The molecule has 0 aromatic carbocycles. The second-order valence-electron chi connectivity index (χ2n) is 4.77. The second kappa shape index (κ2) is 2.48. The van der Waals surface area contributed by atoms with Crippen LogP contribution in [0, 0.1) is 23.7 Å². The number of hydrogen-bond donors (Lipinski definition) is 1. The van der Waals surface area contributed by atoms with Gasteiger partial charge in [-0.15, -0.1) is 0 Å². The first kappa shape index (κ1) is 9.05. The normalized spacial score (nSPS) is 43.6. The van der Waals surface area contributed by atoms with Crippen LogP contribution < -0.4 is 0 Å². The maximum Gasteiger partial charge on any atom is 0.0688 e. The highest BCUT2D eigenvalue weighted by molar-refractivity contribution is 5.11. The first-order chi connectivity index (χ1) is 4.89. The molecule has 1 rings (SSSR count). The zero-order chi connectivity index (χ0) is 8.81. The van der Waals surface area contributed by atoms with Gasteiger partial charge in [-0.3, -0.25) is 0 Å². The van der Waals surface area contributed by atoms with Gasteiger partial charge in [0, 0.05) is 0 Å². The van der Waals surface area contributed by atoms with Crippen molar-refractivity contribution in [2.24, 2.45) is 23.7 Å². The van der Waals surface area contributed by atoms with E-state index >= 15 is 0 Å². The third kappa shape index (κ3) is 1.31. The molecule has 66 valence electrons. The molecule has 0 aromatic heterocycles. The fourth-order valence-corrected chi connectivity index (χ4v) is 2.74. The lowest BCUT2D eigenvalue weighted by Gasteiger charge is -2.03. The van der Waals surface area contributed by atoms with Gasteiger partial charge in [-0.05, 0) is 30.6 Å². The van der Waals surface area contributed by atoms with Gasteiger partial charge in [-0.1, -0.05) is 27.7 Å². The minimum Gasteiger partial charge on any atom is -0.390 e. The summed E-state index contributed by atoms with van der Waals surface area (Å²) in [4.78, 5) is 0. The molecule has 1 fully saturated rings. The molecule has 1 N–H and O–H groups in total. The molecule has 2 unspecified atom stereocenters. The van der Waals surface area contributed by atoms with Crippen molar-refractivity contribution in [2.45, 2.75) is 40.2 Å². The first-order valence-electron chi connectivity index (χ1n) is 4.61. The fraction of sp³-hybridized carbons (Fsp3) is 1.00. The molecule has 1 saturated carbocycles. The summed E-state index contributed by atoms with van der Waals surface area (Å²) in [7, 11) is 0. The quantitative estimate of drug-likeness (QED) is 0.650. The molecular weight excluding hydrogens is 136 g/mol. The van der Waals surface area contributed by atoms with Crippen molar-refractivity contribution in [3.05, 3.63) is 0 Å². The van der Waals surface area contributed by atoms with E-state index in [4.69, 9.17) is 0 Å². The summed E-state index contributed by atoms with van der Waals surface area (Å²) in [5.74, 6) is 2.31. The van der Waals surface area contributed by atoms with E-state index in [1.165, 1.54) is 0 Å². The summed E-state index contributed by atoms with van der Waals surface area (Å²) in [6.07, 6.45) is 0. The summed E-state index contributed by atoms with van der Waals surface area (Å²) in [6.45, 7) is 10.8. The van der Waals surface area contributed by atoms with Crippen molar-refractivity contribution in [3.63, 3.8) is 0 Å². The van der Waals surface area contributed by atoms with Crippen molar-refractivity contribution in [2.75, 3.05) is 0 Å². The smallest absolute Gasteiger partial charge is 0.0688 e. The predicted octanol–water partition coefficient (Wildman–Crippen LogP) is 2.30. The molecular formula is C10H20O. The average molecular weight is 156 g/mol. The van der Waals surface area contributed by atoms with Crippen molar-refractivity contribution in [1.82, 2.24) is 0 Å². The van der Waals surface area contributed by atoms with E-state index in [2.05, 4.69) is 27.7 Å². The minimum atomic E-state index is -0.373. The van der Waals surface area contributed by atoms with Gasteiger partial charge >= 0.3 is 0 Å². The zero-order valence-corrected chi connectivity index (χ0v) is 8.26. The van der Waals surface area contributed by atoms with Crippen LogP contribution in [0.25, 0.3) is 0 Å². The molecule has 0 saturated heterocycles. The third-order valence-electron chi connectivity index (χ3n) is 3.06. The first-order valence-corrected chi connectivity index (χ1v) is 4.61. The molecule has 0 bridgehead atoms. The highest BCUT2D eigenvalue weighted by Crippen LogP contribution is 2.57. The maximum atomic E-state index is 9.89. The van der Waals surface area contributed by atoms with E-state index < -0.39 is 0 Å². The molecule has 2 atom stereocenters. The minimum absolute atomic E-state index is 0.373. The van der Waals surface area contributed by atoms with Gasteiger partial charge in [0.25, 0.3) is 0 Å². The zero-order valence-electron chi connectivity index (χ0n) is 8.26. The van der Waals surface area contributed by atoms with Crippen LogP contribution in [0.3, 0.4) is 0 Å². The molecule has 1 heteroatoms. The molecule has 11 heavy (non-hydrogen) atoms. The Morgan fingerprint density at radius 2 is 1.27 bits per heavy atom. The SMILES string of the molecule is CC(C)C1C(C(C)C)C1(C)O. The fourth-order valence-electron chi connectivity index (χ4n) is 2.74. The van der Waals surface area contributed by atoms with E-state index in [1.807, 2.05) is 6.92 Å². The number of hydrogen-bond acceptors (Lipinski definition) is 1. The Bertz CT molecular complexity index is 131. The Morgan fingerprint density at radius 1 is 1.00 bits per heavy atom. The molecule has 0 spiro atoms. The lowest BCUT2D eigenvalue weighted by molar-refractivity contribution is 0.124. The standard InChI is InChI=1S/C10H20O/c1-6(2)8-9(7(3)4)10(8,5)11/h6-9,11H,1-5H3. The second-order valence-corrected chi connectivity index (χ2v) is 4.77. The molecule has 0 amide bonds. The summed E-state index contributed by atoms with van der Waals surface area (Å²) in [5, 5.41) is 9.89. The van der Waals surface area contributed by atoms with E-state index in [9.17, 15) is 5.11 Å². The average Bonchev–Trinajstić information content (AvgIpc) is 2.33. The number of aliphatic hydroxyl groups is 1. The van der Waals surface area contributed by atoms with Gasteiger partial charge in [0.15, 0.2) is 0 Å². The summed E-state index contributed by atoms with van der Waals surface area (Å²) < 4.78 is 0. The molecule has 1 aliphatic carbocycles. The van der Waals surface area contributed by atoms with Gasteiger partial charge in [0.2, 0.25) is 0 Å². The molecule has 0 heterocycles. The van der Waals surface area contributed by atoms with Crippen molar-refractivity contribution < 1.29 is 5.11 Å². The number of rotatable bonds is 2. The summed E-state index contributed by atoms with van der Waals surface area (Å²) in [5.41, 5.74) is -0.373. The Hall–Kier alpha value is -0.0400. The van der Waals surface area contributed by atoms with Gasteiger partial charge < -0.3 is 5.11 Å². The highest BCUT2D eigenvalue weighted by Gasteiger charge is 2.62. The maximum absolute atomic E-state index is 9.89. The van der Waals surface area contributed by atoms with E-state index in [-0.39, 0.29) is 5.60 Å². The van der Waals surface area contributed by atoms with E-state index in [0.717, 1.165) is 0 Å². The van der Waals surface area contributed by atoms with Gasteiger partial charge in [0.05, 0.1) is 5.60 Å². The molecule has 0 radical (unpaired) electrons. The van der Waals surface area contributed by atoms with Crippen LogP contribution in [0.4, 0.5) is 0 Å². The summed E-state index contributed by atoms with van der Waals surface area (Å²) >= 11 is 0. The van der Waals surface area contributed by atoms with Gasteiger partial charge in [-0.2, -0.15) is 0 Å². The van der Waals surface area contributed by atoms with Crippen molar-refractivity contribution in [3.8, 4) is 0 Å². The summed E-state index contributed by atoms with van der Waals surface area (Å²) in [6, 6.07) is 0. The molecule has 1 aliphatic rings. The Balaban J connectivity index is 2.61. The van der Waals surface area contributed by atoms with E-state index in [1.54, 1.807) is 0 Å². The van der Waals surface area contributed by atoms with Crippen LogP contribution in [0.5, 0.6) is 0 Å². The van der Waals surface area contributed by atoms with Gasteiger partial charge in [-0.25, -0.2) is 0 Å². The van der Waals surface area contributed by atoms with Crippen LogP contribution >= 0.6 is 0 Å². The van der Waals surface area contributed by atoms with Gasteiger partial charge in [0.1, 0.15) is 0 Å². The molecule has 0 aromatic rings. The van der Waals surface area contributed by atoms with Crippen molar-refractivity contribution >= 4 is 0 Å². The van der Waals surface area contributed by atoms with Crippen molar-refractivity contribution in [1.29, 1.82) is 0 Å². The Morgan fingerprint density at radius 3 is 1.36 bits per heavy atom. The van der Waals surface area contributed by atoms with Crippen LogP contribution in [-0.2, 0) is 0 Å². The lowest BCUT2D eigenvalue weighted by Crippen LogP contribution is -2.09. The van der Waals surface area contributed by atoms with E-state index in [0.29, 0.717) is 23.7 Å². The van der Waals surface area contributed by atoms with Crippen LogP contribution in [0.15, 0.2) is 0 Å². The Labute approximate surface area is 69.8 Å². The lowest BCUT2D eigenvalue weighted by atomic mass is 10.0. The highest BCUT2D eigenvalue weighted by atomic mass is 16.3. The molecule has 0 aliphatic heterocycles.